The average Bonchev–Trinajstić information content (AvgIpc) is 2.47. The van der Waals surface area contributed by atoms with Crippen molar-refractivity contribution in [3.63, 3.8) is 0 Å². The molecule has 0 saturated carbocycles. The van der Waals surface area contributed by atoms with Crippen LogP contribution in [0.25, 0.3) is 0 Å². The predicted molar refractivity (Wildman–Crippen MR) is 76.1 cm³/mol. The third-order valence-corrected chi connectivity index (χ3v) is 3.68. The monoisotopic (exact) mass is 277 g/mol. The van der Waals surface area contributed by atoms with Gasteiger partial charge in [-0.3, -0.25) is 9.59 Å². The van der Waals surface area contributed by atoms with Gasteiger partial charge in [0.1, 0.15) is 13.1 Å². The lowest BCUT2D eigenvalue weighted by molar-refractivity contribution is -0.921. The maximum atomic E-state index is 12.2. The molecule has 1 atom stereocenters. The molecular weight excluding hydrogens is 256 g/mol. The molecule has 2 N–H and O–H groups in total. The van der Waals surface area contributed by atoms with Crippen LogP contribution in [0, 0.1) is 0 Å². The van der Waals surface area contributed by atoms with Crippen LogP contribution in [0.1, 0.15) is 24.2 Å². The largest absolute Gasteiger partial charge is 0.370 e. The van der Waals surface area contributed by atoms with Gasteiger partial charge in [-0.2, -0.15) is 0 Å². The van der Waals surface area contributed by atoms with Crippen molar-refractivity contribution in [3.8, 4) is 0 Å². The van der Waals surface area contributed by atoms with Crippen molar-refractivity contribution in [2.45, 2.75) is 19.9 Å². The Balaban J connectivity index is 1.99. The van der Waals surface area contributed by atoms with Gasteiger partial charge in [0.25, 0.3) is 5.91 Å². The SMILES string of the molecule is CC(=O)c1cccc(NC(=O)[C@H](C)[NH+]2CCOCC2)c1. The fourth-order valence-corrected chi connectivity index (χ4v) is 2.32. The Kier molecular flexibility index (Phi) is 4.87. The van der Waals surface area contributed by atoms with Gasteiger partial charge < -0.3 is 15.0 Å². The summed E-state index contributed by atoms with van der Waals surface area (Å²) in [5.74, 6) is -0.0319. The zero-order valence-corrected chi connectivity index (χ0v) is 11.9. The zero-order valence-electron chi connectivity index (χ0n) is 11.9. The van der Waals surface area contributed by atoms with Crippen LogP contribution < -0.4 is 10.2 Å². The minimum absolute atomic E-state index is 0.00653. The summed E-state index contributed by atoms with van der Waals surface area (Å²) >= 11 is 0. The standard InChI is InChI=1S/C15H20N2O3/c1-11(17-6-8-20-9-7-17)15(19)16-14-5-3-4-13(10-14)12(2)18/h3-5,10-11H,6-9H2,1-2H3,(H,16,19)/p+1/t11-/m0/s1. The minimum Gasteiger partial charge on any atom is -0.370 e. The molecule has 1 heterocycles. The average molecular weight is 277 g/mol. The number of morpholine rings is 1. The molecule has 0 aromatic heterocycles. The number of nitrogens with one attached hydrogen (secondary N) is 2. The number of amides is 1. The maximum absolute atomic E-state index is 12.2. The molecule has 1 aliphatic rings. The lowest BCUT2D eigenvalue weighted by atomic mass is 10.1. The highest BCUT2D eigenvalue weighted by Crippen LogP contribution is 2.11. The second-order valence-corrected chi connectivity index (χ2v) is 5.12. The molecule has 0 unspecified atom stereocenters. The van der Waals surface area contributed by atoms with Gasteiger partial charge in [0, 0.05) is 11.3 Å². The Hall–Kier alpha value is -1.72. The Bertz CT molecular complexity index is 496. The van der Waals surface area contributed by atoms with Gasteiger partial charge in [0.05, 0.1) is 13.2 Å². The molecule has 1 aliphatic heterocycles. The Morgan fingerprint density at radius 3 is 2.65 bits per heavy atom. The van der Waals surface area contributed by atoms with E-state index in [4.69, 9.17) is 4.74 Å². The first kappa shape index (κ1) is 14.7. The number of Topliss-reactive ketones (excluding diaryl/α,β-unsaturated/α-hetero) is 1. The molecule has 1 amide bonds. The topological polar surface area (TPSA) is 59.8 Å². The normalized spacial score (nSPS) is 17.5. The van der Waals surface area contributed by atoms with Crippen LogP contribution in [0.2, 0.25) is 0 Å². The summed E-state index contributed by atoms with van der Waals surface area (Å²) in [6, 6.07) is 6.90. The van der Waals surface area contributed by atoms with Crippen molar-refractivity contribution >= 4 is 17.4 Å². The van der Waals surface area contributed by atoms with Gasteiger partial charge in [-0.1, -0.05) is 12.1 Å². The lowest BCUT2D eigenvalue weighted by Gasteiger charge is -2.28. The first-order valence-electron chi connectivity index (χ1n) is 6.92. The molecule has 20 heavy (non-hydrogen) atoms. The molecule has 0 spiro atoms. The molecule has 2 rings (SSSR count). The second kappa shape index (κ2) is 6.63. The quantitative estimate of drug-likeness (QED) is 0.769. The van der Waals surface area contributed by atoms with Gasteiger partial charge in [-0.25, -0.2) is 0 Å². The second-order valence-electron chi connectivity index (χ2n) is 5.12. The molecule has 1 aromatic carbocycles. The van der Waals surface area contributed by atoms with Crippen LogP contribution in [-0.4, -0.2) is 44.0 Å². The van der Waals surface area contributed by atoms with Crippen molar-refractivity contribution in [1.82, 2.24) is 0 Å². The summed E-state index contributed by atoms with van der Waals surface area (Å²) in [6.07, 6.45) is 0. The van der Waals surface area contributed by atoms with Gasteiger partial charge in [-0.15, -0.1) is 0 Å². The number of ether oxygens (including phenoxy) is 1. The number of ketones is 1. The van der Waals surface area contributed by atoms with Crippen molar-refractivity contribution in [2.24, 2.45) is 0 Å². The first-order chi connectivity index (χ1) is 9.58. The number of hydrogen-bond donors (Lipinski definition) is 2. The van der Waals surface area contributed by atoms with E-state index in [1.807, 2.05) is 6.92 Å². The fourth-order valence-electron chi connectivity index (χ4n) is 2.32. The number of carbonyl (C=O) groups excluding carboxylic acids is 2. The molecule has 0 aliphatic carbocycles. The summed E-state index contributed by atoms with van der Waals surface area (Å²) in [7, 11) is 0. The van der Waals surface area contributed by atoms with Crippen LogP contribution in [0.3, 0.4) is 0 Å². The highest BCUT2D eigenvalue weighted by Gasteiger charge is 2.26. The lowest BCUT2D eigenvalue weighted by Crippen LogP contribution is -3.18. The highest BCUT2D eigenvalue weighted by molar-refractivity contribution is 5.97. The van der Waals surface area contributed by atoms with Crippen LogP contribution in [0.4, 0.5) is 5.69 Å². The van der Waals surface area contributed by atoms with Crippen molar-refractivity contribution in [3.05, 3.63) is 29.8 Å². The molecule has 5 heteroatoms. The van der Waals surface area contributed by atoms with Crippen LogP contribution in [-0.2, 0) is 9.53 Å². The Morgan fingerprint density at radius 1 is 1.30 bits per heavy atom. The van der Waals surface area contributed by atoms with E-state index >= 15 is 0 Å². The molecule has 1 aromatic rings. The van der Waals surface area contributed by atoms with Crippen molar-refractivity contribution in [2.75, 3.05) is 31.6 Å². The van der Waals surface area contributed by atoms with E-state index in [9.17, 15) is 9.59 Å². The molecule has 1 saturated heterocycles. The van der Waals surface area contributed by atoms with Crippen molar-refractivity contribution < 1.29 is 19.2 Å². The van der Waals surface area contributed by atoms with E-state index < -0.39 is 0 Å². The summed E-state index contributed by atoms with van der Waals surface area (Å²) < 4.78 is 5.30. The summed E-state index contributed by atoms with van der Waals surface area (Å²) in [4.78, 5) is 24.8. The molecule has 5 nitrogen and oxygen atoms in total. The van der Waals surface area contributed by atoms with E-state index in [1.165, 1.54) is 11.8 Å². The smallest absolute Gasteiger partial charge is 0.282 e. The summed E-state index contributed by atoms with van der Waals surface area (Å²) in [6.45, 7) is 6.54. The Labute approximate surface area is 118 Å². The number of carbonyl (C=O) groups is 2. The number of anilines is 1. The molecule has 0 bridgehead atoms. The molecule has 0 radical (unpaired) electrons. The maximum Gasteiger partial charge on any atom is 0.282 e. The van der Waals surface area contributed by atoms with Gasteiger partial charge in [0.2, 0.25) is 0 Å². The van der Waals surface area contributed by atoms with E-state index in [2.05, 4.69) is 5.32 Å². The van der Waals surface area contributed by atoms with E-state index in [0.29, 0.717) is 24.5 Å². The van der Waals surface area contributed by atoms with Gasteiger partial charge in [-0.05, 0) is 26.0 Å². The van der Waals surface area contributed by atoms with Gasteiger partial charge >= 0.3 is 0 Å². The number of hydrogen-bond acceptors (Lipinski definition) is 3. The molecule has 108 valence electrons. The zero-order chi connectivity index (χ0) is 14.5. The van der Waals surface area contributed by atoms with Crippen LogP contribution >= 0.6 is 0 Å². The number of rotatable bonds is 4. The van der Waals surface area contributed by atoms with E-state index in [1.54, 1.807) is 24.3 Å². The summed E-state index contributed by atoms with van der Waals surface area (Å²) in [5.41, 5.74) is 1.27. The van der Waals surface area contributed by atoms with Crippen LogP contribution in [0.15, 0.2) is 24.3 Å². The third-order valence-electron chi connectivity index (χ3n) is 3.68. The van der Waals surface area contributed by atoms with Crippen molar-refractivity contribution in [1.29, 1.82) is 0 Å². The Morgan fingerprint density at radius 2 is 2.00 bits per heavy atom. The molecular formula is C15H21N2O3+. The summed E-state index contributed by atoms with van der Waals surface area (Å²) in [5, 5.41) is 2.88. The minimum atomic E-state index is -0.125. The fraction of sp³-hybridized carbons (Fsp3) is 0.467. The first-order valence-corrected chi connectivity index (χ1v) is 6.92. The number of benzene rings is 1. The predicted octanol–water partition coefficient (Wildman–Crippen LogP) is 0.131. The van der Waals surface area contributed by atoms with Crippen LogP contribution in [0.5, 0.6) is 0 Å². The van der Waals surface area contributed by atoms with E-state index in [0.717, 1.165) is 13.1 Å². The van der Waals surface area contributed by atoms with E-state index in [-0.39, 0.29) is 17.7 Å². The third kappa shape index (κ3) is 3.65. The highest BCUT2D eigenvalue weighted by atomic mass is 16.5. The molecule has 1 fully saturated rings. The van der Waals surface area contributed by atoms with Gasteiger partial charge in [0.15, 0.2) is 11.8 Å². The number of quaternary nitrogens is 1.